The quantitative estimate of drug-likeness (QED) is 0.333. The number of rotatable bonds is 10. The molecule has 0 aliphatic carbocycles. The number of benzene rings is 2. The smallest absolute Gasteiger partial charge is 0.306 e. The largest absolute Gasteiger partial charge is 0.488 e. The molecule has 2 aromatic carbocycles. The topological polar surface area (TPSA) is 55.8 Å². The van der Waals surface area contributed by atoms with Crippen molar-refractivity contribution in [3.63, 3.8) is 0 Å². The van der Waals surface area contributed by atoms with Crippen LogP contribution in [-0.2, 0) is 10.7 Å². The third-order valence-corrected chi connectivity index (χ3v) is 4.95. The van der Waals surface area contributed by atoms with Gasteiger partial charge in [-0.15, -0.1) is 11.6 Å². The van der Waals surface area contributed by atoms with Crippen LogP contribution in [0, 0.1) is 0 Å². The van der Waals surface area contributed by atoms with Gasteiger partial charge in [0.05, 0.1) is 15.9 Å². The van der Waals surface area contributed by atoms with Gasteiger partial charge in [0.1, 0.15) is 18.5 Å². The number of Topliss-reactive ketones (excluding diaryl/α,β-unsaturated/α-hetero) is 1. The lowest BCUT2D eigenvalue weighted by Crippen LogP contribution is -2.29. The zero-order valence-electron chi connectivity index (χ0n) is 16.0. The minimum Gasteiger partial charge on any atom is -0.488 e. The van der Waals surface area contributed by atoms with Crippen molar-refractivity contribution in [2.75, 3.05) is 19.1 Å². The van der Waals surface area contributed by atoms with Gasteiger partial charge in [-0.05, 0) is 36.4 Å². The molecule has 0 amide bonds. The highest BCUT2D eigenvalue weighted by Crippen LogP contribution is 2.42. The molecule has 31 heavy (non-hydrogen) atoms. The maximum atomic E-state index is 14.9. The first kappa shape index (κ1) is 25.5. The van der Waals surface area contributed by atoms with Crippen LogP contribution in [0.5, 0.6) is 11.5 Å². The summed E-state index contributed by atoms with van der Waals surface area (Å²) in [7, 11) is 0. The summed E-state index contributed by atoms with van der Waals surface area (Å²) >= 11 is 17.5. The zero-order chi connectivity index (χ0) is 23.4. The first-order valence-corrected chi connectivity index (χ1v) is 10.0. The van der Waals surface area contributed by atoms with E-state index in [2.05, 4.69) is 0 Å². The van der Waals surface area contributed by atoms with Crippen LogP contribution in [0.25, 0.3) is 0 Å². The molecule has 11 heteroatoms. The van der Waals surface area contributed by atoms with Crippen LogP contribution in [0.1, 0.15) is 18.1 Å². The van der Waals surface area contributed by atoms with Crippen molar-refractivity contribution in [2.45, 2.75) is 24.9 Å². The van der Waals surface area contributed by atoms with E-state index in [0.717, 1.165) is 36.4 Å². The fraction of sp³-hybridized carbons (Fsp3) is 0.350. The van der Waals surface area contributed by atoms with E-state index in [0.29, 0.717) is 6.92 Å². The van der Waals surface area contributed by atoms with Crippen molar-refractivity contribution in [1.29, 1.82) is 0 Å². The molecule has 170 valence electrons. The van der Waals surface area contributed by atoms with E-state index in [9.17, 15) is 27.5 Å². The van der Waals surface area contributed by atoms with Crippen molar-refractivity contribution < 1.29 is 36.9 Å². The fourth-order valence-electron chi connectivity index (χ4n) is 2.31. The van der Waals surface area contributed by atoms with Crippen LogP contribution in [0.2, 0.25) is 10.0 Å². The van der Waals surface area contributed by atoms with Crippen molar-refractivity contribution in [3.8, 4) is 11.5 Å². The van der Waals surface area contributed by atoms with Crippen LogP contribution < -0.4 is 9.47 Å². The maximum absolute atomic E-state index is 14.9. The summed E-state index contributed by atoms with van der Waals surface area (Å²) in [6.45, 7) is -0.689. The molecule has 0 saturated heterocycles. The molecule has 4 nitrogen and oxygen atoms in total. The Bertz CT molecular complexity index is 895. The third-order valence-electron chi connectivity index (χ3n) is 4.04. The van der Waals surface area contributed by atoms with Crippen LogP contribution >= 0.6 is 34.8 Å². The number of aliphatic hydroxyl groups excluding tert-OH is 1. The highest BCUT2D eigenvalue weighted by molar-refractivity contribution is 6.37. The summed E-state index contributed by atoms with van der Waals surface area (Å²) < 4.78 is 65.7. The number of halogens is 7. The number of hydrogen-bond donors (Lipinski definition) is 1. The molecule has 0 aliphatic rings. The van der Waals surface area contributed by atoms with E-state index < -0.39 is 41.5 Å². The van der Waals surface area contributed by atoms with Crippen LogP contribution in [0.15, 0.2) is 36.4 Å². The Morgan fingerprint density at radius 2 is 1.58 bits per heavy atom. The summed E-state index contributed by atoms with van der Waals surface area (Å²) in [4.78, 5) is 11.2. The zero-order valence-corrected chi connectivity index (χ0v) is 18.2. The normalized spacial score (nSPS) is 13.1. The Morgan fingerprint density at radius 1 is 1.03 bits per heavy atom. The van der Waals surface area contributed by atoms with E-state index in [-0.39, 0.29) is 34.0 Å². The fourth-order valence-corrected chi connectivity index (χ4v) is 2.99. The Kier molecular flexibility index (Phi) is 8.44. The molecule has 0 bridgehead atoms. The van der Waals surface area contributed by atoms with E-state index in [1.165, 1.54) is 0 Å². The minimum atomic E-state index is -3.55. The highest BCUT2D eigenvalue weighted by Gasteiger charge is 2.36. The second-order valence-corrected chi connectivity index (χ2v) is 7.71. The predicted octanol–water partition coefficient (Wildman–Crippen LogP) is 5.72. The van der Waals surface area contributed by atoms with Crippen LogP contribution in [0.4, 0.5) is 17.6 Å². The average Bonchev–Trinajstić information content (AvgIpc) is 2.70. The molecule has 0 fully saturated rings. The molecule has 0 radical (unpaired) electrons. The molecule has 2 aromatic rings. The van der Waals surface area contributed by atoms with Crippen molar-refractivity contribution in [1.82, 2.24) is 0 Å². The predicted molar refractivity (Wildman–Crippen MR) is 109 cm³/mol. The van der Waals surface area contributed by atoms with Crippen molar-refractivity contribution in [3.05, 3.63) is 57.6 Å². The van der Waals surface area contributed by atoms with E-state index in [1.807, 2.05) is 0 Å². The maximum Gasteiger partial charge on any atom is 0.306 e. The SMILES string of the molecule is CC(F)(F)C(=O)COc1ccc(C(F)(F)c2cc(Cl)c(OC[C@H](O)CCl)c(Cl)c2)cc1. The van der Waals surface area contributed by atoms with E-state index in [1.54, 1.807) is 0 Å². The van der Waals surface area contributed by atoms with Gasteiger partial charge in [-0.2, -0.15) is 17.6 Å². The Labute approximate surface area is 190 Å². The lowest BCUT2D eigenvalue weighted by Gasteiger charge is -2.20. The van der Waals surface area contributed by atoms with Crippen molar-refractivity contribution in [2.24, 2.45) is 0 Å². The Morgan fingerprint density at radius 3 is 2.06 bits per heavy atom. The number of alkyl halides is 5. The first-order chi connectivity index (χ1) is 14.4. The molecule has 0 spiro atoms. The number of ether oxygens (including phenoxy) is 2. The summed E-state index contributed by atoms with van der Waals surface area (Å²) in [6.07, 6.45) is -0.991. The highest BCUT2D eigenvalue weighted by atomic mass is 35.5. The Hall–Kier alpha value is -1.74. The number of carbonyl (C=O) groups is 1. The lowest BCUT2D eigenvalue weighted by molar-refractivity contribution is -0.142. The van der Waals surface area contributed by atoms with E-state index >= 15 is 0 Å². The molecular weight excluding hydrogens is 487 g/mol. The van der Waals surface area contributed by atoms with Crippen molar-refractivity contribution >= 4 is 40.6 Å². The van der Waals surface area contributed by atoms with Crippen LogP contribution in [-0.4, -0.2) is 42.0 Å². The first-order valence-electron chi connectivity index (χ1n) is 8.75. The minimum absolute atomic E-state index is 0.0326. The number of hydrogen-bond acceptors (Lipinski definition) is 4. The van der Waals surface area contributed by atoms with Gasteiger partial charge < -0.3 is 14.6 Å². The molecule has 1 atom stereocenters. The molecular formula is C20H17Cl3F4O4. The van der Waals surface area contributed by atoms with Gasteiger partial charge in [-0.25, -0.2) is 0 Å². The summed E-state index contributed by atoms with van der Waals surface area (Å²) in [5.41, 5.74) is -0.979. The number of ketones is 1. The van der Waals surface area contributed by atoms with Gasteiger partial charge in [0.25, 0.3) is 5.92 Å². The molecule has 0 heterocycles. The van der Waals surface area contributed by atoms with Gasteiger partial charge in [-0.3, -0.25) is 4.79 Å². The van der Waals surface area contributed by atoms with E-state index in [4.69, 9.17) is 44.3 Å². The van der Waals surface area contributed by atoms with Gasteiger partial charge >= 0.3 is 5.92 Å². The Balaban J connectivity index is 2.18. The second-order valence-electron chi connectivity index (χ2n) is 6.59. The molecule has 0 aliphatic heterocycles. The molecule has 0 saturated carbocycles. The monoisotopic (exact) mass is 502 g/mol. The van der Waals surface area contributed by atoms with Gasteiger partial charge in [0.2, 0.25) is 5.78 Å². The van der Waals surface area contributed by atoms with Crippen LogP contribution in [0.3, 0.4) is 0 Å². The second kappa shape index (κ2) is 10.3. The van der Waals surface area contributed by atoms with Gasteiger partial charge in [-0.1, -0.05) is 23.2 Å². The molecule has 0 aromatic heterocycles. The third kappa shape index (κ3) is 6.62. The standard InChI is InChI=1S/C20H17Cl3F4O4/c1-19(24,25)17(29)10-30-14-4-2-11(3-5-14)20(26,27)12-6-15(22)18(16(23)7-12)31-9-13(28)8-21/h2-7,13,28H,8-10H2,1H3/t13-/m1/s1. The summed E-state index contributed by atoms with van der Waals surface area (Å²) in [5, 5.41) is 9.05. The number of carbonyl (C=O) groups excluding carboxylic acids is 1. The molecule has 2 rings (SSSR count). The summed E-state index contributed by atoms with van der Waals surface area (Å²) in [5.74, 6) is -8.72. The summed E-state index contributed by atoms with van der Waals surface area (Å²) in [6, 6.07) is 6.24. The van der Waals surface area contributed by atoms with Gasteiger partial charge in [0.15, 0.2) is 12.4 Å². The molecule has 0 unspecified atom stereocenters. The molecule has 1 N–H and O–H groups in total. The van der Waals surface area contributed by atoms with Gasteiger partial charge in [0, 0.05) is 18.1 Å². The average molecular weight is 504 g/mol. The lowest BCUT2D eigenvalue weighted by atomic mass is 10.00. The number of aliphatic hydroxyl groups is 1.